The molecule has 3 rings (SSSR count). The lowest BCUT2D eigenvalue weighted by molar-refractivity contribution is -0.0323. The Labute approximate surface area is 131 Å². The molecule has 1 aliphatic heterocycles. The SMILES string of the molecule is Cc1ccc(CN2CCOCC2CC(O)c2ccco2)cc1. The normalized spacial score (nSPS) is 20.9. The molecule has 1 fully saturated rings. The number of morpholine rings is 1. The molecule has 0 spiro atoms. The summed E-state index contributed by atoms with van der Waals surface area (Å²) in [5, 5.41) is 10.3. The smallest absolute Gasteiger partial charge is 0.132 e. The van der Waals surface area contributed by atoms with Crippen LogP contribution in [0.15, 0.2) is 47.1 Å². The summed E-state index contributed by atoms with van der Waals surface area (Å²) in [4.78, 5) is 2.39. The van der Waals surface area contributed by atoms with E-state index in [0.717, 1.165) is 19.7 Å². The van der Waals surface area contributed by atoms with Crippen molar-refractivity contribution in [3.63, 3.8) is 0 Å². The van der Waals surface area contributed by atoms with Crippen molar-refractivity contribution in [2.45, 2.75) is 32.0 Å². The lowest BCUT2D eigenvalue weighted by atomic mass is 10.0. The molecule has 22 heavy (non-hydrogen) atoms. The van der Waals surface area contributed by atoms with E-state index < -0.39 is 6.10 Å². The summed E-state index contributed by atoms with van der Waals surface area (Å²) in [6.07, 6.45) is 1.64. The molecule has 2 aromatic rings. The number of nitrogens with zero attached hydrogens (tertiary/aromatic N) is 1. The Morgan fingerprint density at radius 3 is 2.82 bits per heavy atom. The zero-order chi connectivity index (χ0) is 15.4. The van der Waals surface area contributed by atoms with Crippen LogP contribution in [0.3, 0.4) is 0 Å². The molecule has 118 valence electrons. The topological polar surface area (TPSA) is 45.8 Å². The van der Waals surface area contributed by atoms with Crippen molar-refractivity contribution in [1.82, 2.24) is 4.90 Å². The summed E-state index contributed by atoms with van der Waals surface area (Å²) in [5.41, 5.74) is 2.57. The summed E-state index contributed by atoms with van der Waals surface area (Å²) in [7, 11) is 0. The molecule has 2 heterocycles. The van der Waals surface area contributed by atoms with E-state index in [4.69, 9.17) is 9.15 Å². The van der Waals surface area contributed by atoms with Crippen molar-refractivity contribution < 1.29 is 14.3 Å². The van der Waals surface area contributed by atoms with Gasteiger partial charge in [0.1, 0.15) is 11.9 Å². The van der Waals surface area contributed by atoms with Crippen molar-refractivity contribution in [3.8, 4) is 0 Å². The maximum Gasteiger partial charge on any atom is 0.132 e. The van der Waals surface area contributed by atoms with Crippen LogP contribution < -0.4 is 0 Å². The molecule has 0 bridgehead atoms. The zero-order valence-corrected chi connectivity index (χ0v) is 12.9. The molecular formula is C18H23NO3. The molecule has 0 saturated carbocycles. The number of hydrogen-bond donors (Lipinski definition) is 1. The van der Waals surface area contributed by atoms with Crippen LogP contribution in [0.2, 0.25) is 0 Å². The Hall–Kier alpha value is -1.62. The molecule has 1 aromatic carbocycles. The van der Waals surface area contributed by atoms with Crippen molar-refractivity contribution in [1.29, 1.82) is 0 Å². The van der Waals surface area contributed by atoms with Gasteiger partial charge >= 0.3 is 0 Å². The first kappa shape index (κ1) is 15.3. The van der Waals surface area contributed by atoms with Crippen molar-refractivity contribution in [2.75, 3.05) is 19.8 Å². The van der Waals surface area contributed by atoms with Gasteiger partial charge in [-0.25, -0.2) is 0 Å². The molecular weight excluding hydrogens is 278 g/mol. The quantitative estimate of drug-likeness (QED) is 0.922. The van der Waals surface area contributed by atoms with E-state index in [1.165, 1.54) is 11.1 Å². The number of aliphatic hydroxyl groups is 1. The van der Waals surface area contributed by atoms with Crippen LogP contribution in [-0.4, -0.2) is 35.8 Å². The first-order chi connectivity index (χ1) is 10.7. The lowest BCUT2D eigenvalue weighted by Gasteiger charge is -2.36. The van der Waals surface area contributed by atoms with Gasteiger partial charge in [0, 0.05) is 19.1 Å². The second-order valence-corrected chi connectivity index (χ2v) is 5.95. The molecule has 0 amide bonds. The molecule has 2 unspecified atom stereocenters. The monoisotopic (exact) mass is 301 g/mol. The summed E-state index contributed by atoms with van der Waals surface area (Å²) in [6.45, 7) is 5.28. The third-order valence-electron chi connectivity index (χ3n) is 4.22. The van der Waals surface area contributed by atoms with Crippen LogP contribution in [0, 0.1) is 6.92 Å². The molecule has 1 N–H and O–H groups in total. The molecule has 1 aliphatic rings. The highest BCUT2D eigenvalue weighted by Crippen LogP contribution is 2.24. The number of ether oxygens (including phenoxy) is 1. The highest BCUT2D eigenvalue weighted by molar-refractivity contribution is 5.21. The Kier molecular flexibility index (Phi) is 4.93. The van der Waals surface area contributed by atoms with Gasteiger partial charge in [0.05, 0.1) is 19.5 Å². The van der Waals surface area contributed by atoms with E-state index >= 15 is 0 Å². The third-order valence-corrected chi connectivity index (χ3v) is 4.22. The molecule has 1 aromatic heterocycles. The van der Waals surface area contributed by atoms with Crippen molar-refractivity contribution >= 4 is 0 Å². The minimum atomic E-state index is -0.581. The number of rotatable bonds is 5. The predicted octanol–water partition coefficient (Wildman–Crippen LogP) is 2.91. The number of aliphatic hydroxyl groups excluding tert-OH is 1. The van der Waals surface area contributed by atoms with Gasteiger partial charge in [0.15, 0.2) is 0 Å². The van der Waals surface area contributed by atoms with Gasteiger partial charge in [-0.3, -0.25) is 4.90 Å². The average Bonchev–Trinajstić information content (AvgIpc) is 3.06. The molecule has 4 heteroatoms. The van der Waals surface area contributed by atoms with E-state index in [-0.39, 0.29) is 6.04 Å². The van der Waals surface area contributed by atoms with Gasteiger partial charge < -0.3 is 14.3 Å². The number of furan rings is 1. The second-order valence-electron chi connectivity index (χ2n) is 5.95. The van der Waals surface area contributed by atoms with Crippen LogP contribution in [0.4, 0.5) is 0 Å². The van der Waals surface area contributed by atoms with E-state index in [2.05, 4.69) is 36.1 Å². The second kappa shape index (κ2) is 7.09. The highest BCUT2D eigenvalue weighted by Gasteiger charge is 2.26. The van der Waals surface area contributed by atoms with Crippen LogP contribution in [0.1, 0.15) is 29.4 Å². The average molecular weight is 301 g/mol. The fourth-order valence-corrected chi connectivity index (χ4v) is 2.90. The Bertz CT molecular complexity index is 565. The van der Waals surface area contributed by atoms with Gasteiger partial charge in [0.2, 0.25) is 0 Å². The molecule has 1 saturated heterocycles. The van der Waals surface area contributed by atoms with Gasteiger partial charge in [-0.05, 0) is 31.0 Å². The summed E-state index contributed by atoms with van der Waals surface area (Å²) in [6, 6.07) is 12.5. The number of benzene rings is 1. The van der Waals surface area contributed by atoms with Gasteiger partial charge in [0.25, 0.3) is 0 Å². The van der Waals surface area contributed by atoms with Gasteiger partial charge in [-0.15, -0.1) is 0 Å². The Morgan fingerprint density at radius 2 is 2.09 bits per heavy atom. The molecule has 0 radical (unpaired) electrons. The van der Waals surface area contributed by atoms with Crippen LogP contribution in [-0.2, 0) is 11.3 Å². The van der Waals surface area contributed by atoms with E-state index in [9.17, 15) is 5.11 Å². The van der Waals surface area contributed by atoms with Crippen LogP contribution in [0.5, 0.6) is 0 Å². The minimum absolute atomic E-state index is 0.204. The van der Waals surface area contributed by atoms with Crippen molar-refractivity contribution in [2.24, 2.45) is 0 Å². The third kappa shape index (κ3) is 3.77. The highest BCUT2D eigenvalue weighted by atomic mass is 16.5. The largest absolute Gasteiger partial charge is 0.467 e. The van der Waals surface area contributed by atoms with Crippen LogP contribution >= 0.6 is 0 Å². The molecule has 0 aliphatic carbocycles. The zero-order valence-electron chi connectivity index (χ0n) is 12.9. The summed E-state index contributed by atoms with van der Waals surface area (Å²) in [5.74, 6) is 0.626. The summed E-state index contributed by atoms with van der Waals surface area (Å²) >= 11 is 0. The van der Waals surface area contributed by atoms with Gasteiger partial charge in [-0.1, -0.05) is 29.8 Å². The summed E-state index contributed by atoms with van der Waals surface area (Å²) < 4.78 is 10.9. The predicted molar refractivity (Wildman–Crippen MR) is 84.5 cm³/mol. The van der Waals surface area contributed by atoms with E-state index in [1.54, 1.807) is 12.3 Å². The fourth-order valence-electron chi connectivity index (χ4n) is 2.90. The van der Waals surface area contributed by atoms with Crippen LogP contribution in [0.25, 0.3) is 0 Å². The number of hydrogen-bond acceptors (Lipinski definition) is 4. The maximum absolute atomic E-state index is 10.3. The van der Waals surface area contributed by atoms with Gasteiger partial charge in [-0.2, -0.15) is 0 Å². The first-order valence-electron chi connectivity index (χ1n) is 7.81. The standard InChI is InChI=1S/C18H23NO3/c1-14-4-6-15(7-5-14)12-19-8-10-21-13-16(19)11-17(20)18-3-2-9-22-18/h2-7,9,16-17,20H,8,10-13H2,1H3. The molecule has 2 atom stereocenters. The molecule has 4 nitrogen and oxygen atoms in total. The lowest BCUT2D eigenvalue weighted by Crippen LogP contribution is -2.45. The minimum Gasteiger partial charge on any atom is -0.467 e. The van der Waals surface area contributed by atoms with Crippen molar-refractivity contribution in [3.05, 3.63) is 59.5 Å². The number of aryl methyl sites for hydroxylation is 1. The fraction of sp³-hybridized carbons (Fsp3) is 0.444. The van der Waals surface area contributed by atoms with E-state index in [1.807, 2.05) is 6.07 Å². The van der Waals surface area contributed by atoms with E-state index in [0.29, 0.717) is 18.8 Å². The first-order valence-corrected chi connectivity index (χ1v) is 7.81. The Morgan fingerprint density at radius 1 is 1.27 bits per heavy atom. The Balaban J connectivity index is 1.64. The maximum atomic E-state index is 10.3.